The van der Waals surface area contributed by atoms with Gasteiger partial charge in [0.25, 0.3) is 0 Å². The van der Waals surface area contributed by atoms with E-state index in [2.05, 4.69) is 24.9 Å². The number of imidazole rings is 2. The number of aliphatic imine (C=N–C) groups is 1. The van der Waals surface area contributed by atoms with Gasteiger partial charge >= 0.3 is 0 Å². The lowest BCUT2D eigenvalue weighted by Crippen LogP contribution is -2.36. The largest absolute Gasteiger partial charge is 0.384 e. The number of aromatic amines is 2. The Morgan fingerprint density at radius 3 is 2.39 bits per heavy atom. The minimum atomic E-state index is -0.338. The molecule has 0 radical (unpaired) electrons. The van der Waals surface area contributed by atoms with Crippen molar-refractivity contribution >= 4 is 39.8 Å². The molecule has 28 heavy (non-hydrogen) atoms. The third-order valence-corrected chi connectivity index (χ3v) is 4.88. The maximum Gasteiger partial charge on any atom is 0.173 e. The zero-order chi connectivity index (χ0) is 19.3. The normalized spacial score (nSPS) is 16.5. The molecule has 2 aromatic heterocycles. The van der Waals surface area contributed by atoms with E-state index < -0.39 is 0 Å². The van der Waals surface area contributed by atoms with Gasteiger partial charge in [0.1, 0.15) is 17.5 Å². The van der Waals surface area contributed by atoms with E-state index in [1.54, 1.807) is 6.07 Å². The molecule has 1 aliphatic heterocycles. The van der Waals surface area contributed by atoms with E-state index in [0.717, 1.165) is 39.4 Å². The van der Waals surface area contributed by atoms with Gasteiger partial charge in [0.2, 0.25) is 0 Å². The van der Waals surface area contributed by atoms with Gasteiger partial charge in [-0.3, -0.25) is 16.1 Å². The van der Waals surface area contributed by atoms with Crippen molar-refractivity contribution < 1.29 is 0 Å². The average Bonchev–Trinajstić information content (AvgIpc) is 3.37. The van der Waals surface area contributed by atoms with E-state index in [9.17, 15) is 0 Å². The molecule has 0 amide bonds. The molecule has 140 valence electrons. The number of anilines is 1. The predicted molar refractivity (Wildman–Crippen MR) is 110 cm³/mol. The van der Waals surface area contributed by atoms with Crippen LogP contribution in [-0.4, -0.2) is 44.8 Å². The summed E-state index contributed by atoms with van der Waals surface area (Å²) < 4.78 is 0. The monoisotopic (exact) mass is 373 g/mol. The smallest absolute Gasteiger partial charge is 0.173 e. The zero-order valence-corrected chi connectivity index (χ0v) is 15.0. The summed E-state index contributed by atoms with van der Waals surface area (Å²) in [6, 6.07) is 11.5. The maximum atomic E-state index is 7.56. The number of nitrogens with two attached hydrogens (primary N) is 2. The highest BCUT2D eigenvalue weighted by Gasteiger charge is 2.18. The maximum absolute atomic E-state index is 7.56. The van der Waals surface area contributed by atoms with Gasteiger partial charge in [0, 0.05) is 17.5 Å². The number of hydrogen-bond donors (Lipinski definition) is 5. The first-order valence-corrected chi connectivity index (χ1v) is 8.92. The van der Waals surface area contributed by atoms with Crippen molar-refractivity contribution in [2.45, 2.75) is 12.7 Å². The van der Waals surface area contributed by atoms with Crippen molar-refractivity contribution in [1.29, 1.82) is 5.41 Å². The molecule has 9 nitrogen and oxygen atoms in total. The molecule has 0 spiro atoms. The number of nitrogens with zero attached hydrogens (tertiary/aromatic N) is 4. The molecule has 1 aliphatic rings. The Labute approximate surface area is 160 Å². The molecule has 9 heteroatoms. The van der Waals surface area contributed by atoms with Crippen LogP contribution in [0.15, 0.2) is 41.4 Å². The van der Waals surface area contributed by atoms with Gasteiger partial charge in [-0.15, -0.1) is 0 Å². The van der Waals surface area contributed by atoms with Crippen molar-refractivity contribution in [3.63, 3.8) is 0 Å². The highest BCUT2D eigenvalue weighted by atomic mass is 15.3. The van der Waals surface area contributed by atoms with Crippen LogP contribution in [0.5, 0.6) is 0 Å². The molecule has 0 fully saturated rings. The summed E-state index contributed by atoms with van der Waals surface area (Å²) in [4.78, 5) is 22.1. The Bertz CT molecular complexity index is 1230. The molecule has 2 aromatic carbocycles. The van der Waals surface area contributed by atoms with Gasteiger partial charge in [-0.2, -0.15) is 0 Å². The summed E-state index contributed by atoms with van der Waals surface area (Å²) >= 11 is 0. The zero-order valence-electron chi connectivity index (χ0n) is 15.0. The lowest BCUT2D eigenvalue weighted by molar-refractivity contribution is 0.712. The van der Waals surface area contributed by atoms with Crippen molar-refractivity contribution in [3.05, 3.63) is 53.6 Å². The van der Waals surface area contributed by atoms with Crippen molar-refractivity contribution in [3.8, 4) is 0 Å². The second kappa shape index (κ2) is 6.17. The lowest BCUT2D eigenvalue weighted by atomic mass is 10.2. The SMILES string of the molecule is N=C(N)c1ccc2nc(Cc3nc4ccc(N5CC=NC5N)cc4[nH]3)[nH]c2c1. The molecule has 1 atom stereocenters. The molecular formula is C19H19N9. The number of rotatable bonds is 4. The van der Waals surface area contributed by atoms with Gasteiger partial charge in [0.05, 0.1) is 35.0 Å². The van der Waals surface area contributed by atoms with Crippen molar-refractivity contribution in [2.75, 3.05) is 11.4 Å². The summed E-state index contributed by atoms with van der Waals surface area (Å²) in [5, 5.41) is 7.56. The molecule has 4 aromatic rings. The van der Waals surface area contributed by atoms with Crippen LogP contribution in [0.4, 0.5) is 5.69 Å². The fraction of sp³-hybridized carbons (Fsp3) is 0.158. The molecule has 0 saturated carbocycles. The number of fused-ring (bicyclic) bond motifs is 2. The van der Waals surface area contributed by atoms with Crippen LogP contribution >= 0.6 is 0 Å². The topological polar surface area (TPSA) is 149 Å². The number of amidine groups is 1. The number of aromatic nitrogens is 4. The quantitative estimate of drug-likeness (QED) is 0.271. The summed E-state index contributed by atoms with van der Waals surface area (Å²) in [7, 11) is 0. The van der Waals surface area contributed by atoms with Gasteiger partial charge in [0.15, 0.2) is 6.29 Å². The average molecular weight is 373 g/mol. The van der Waals surface area contributed by atoms with Crippen LogP contribution in [0, 0.1) is 5.41 Å². The Balaban J connectivity index is 1.43. The summed E-state index contributed by atoms with van der Waals surface area (Å²) in [5.74, 6) is 1.65. The molecule has 7 N–H and O–H groups in total. The number of nitrogen functional groups attached to an aromatic ring is 1. The van der Waals surface area contributed by atoms with Crippen LogP contribution in [0.3, 0.4) is 0 Å². The fourth-order valence-corrected chi connectivity index (χ4v) is 3.47. The van der Waals surface area contributed by atoms with E-state index in [4.69, 9.17) is 16.9 Å². The standard InChI is InChI=1S/C19H19N9/c20-18(21)10-1-3-12-14(7-10)26-16(24-12)9-17-25-13-4-2-11(8-15(13)27-17)28-6-5-23-19(28)22/h1-5,7-8,19H,6,9,22H2,(H3,20,21)(H,24,26)(H,25,27). The molecule has 0 aliphatic carbocycles. The van der Waals surface area contributed by atoms with Crippen molar-refractivity contribution in [2.24, 2.45) is 16.5 Å². The highest BCUT2D eigenvalue weighted by molar-refractivity contribution is 5.97. The molecule has 1 unspecified atom stereocenters. The van der Waals surface area contributed by atoms with Gasteiger partial charge in [-0.1, -0.05) is 0 Å². The van der Waals surface area contributed by atoms with Crippen LogP contribution in [-0.2, 0) is 6.42 Å². The summed E-state index contributed by atoms with van der Waals surface area (Å²) in [6.45, 7) is 0.703. The lowest BCUT2D eigenvalue weighted by Gasteiger charge is -2.21. The fourth-order valence-electron chi connectivity index (χ4n) is 3.47. The first-order valence-electron chi connectivity index (χ1n) is 8.92. The van der Waals surface area contributed by atoms with Gasteiger partial charge < -0.3 is 20.6 Å². The Kier molecular flexibility index (Phi) is 3.63. The molecular weight excluding hydrogens is 354 g/mol. The molecule has 0 saturated heterocycles. The predicted octanol–water partition coefficient (Wildman–Crippen LogP) is 1.45. The summed E-state index contributed by atoms with van der Waals surface area (Å²) in [6.07, 6.45) is 2.03. The van der Waals surface area contributed by atoms with Gasteiger partial charge in [-0.25, -0.2) is 9.97 Å². The Morgan fingerprint density at radius 2 is 1.75 bits per heavy atom. The summed E-state index contributed by atoms with van der Waals surface area (Å²) in [5.41, 5.74) is 16.8. The molecule has 3 heterocycles. The number of benzene rings is 2. The third kappa shape index (κ3) is 2.78. The second-order valence-electron chi connectivity index (χ2n) is 6.79. The number of hydrogen-bond acceptors (Lipinski definition) is 6. The highest BCUT2D eigenvalue weighted by Crippen LogP contribution is 2.24. The van der Waals surface area contributed by atoms with Crippen LogP contribution < -0.4 is 16.4 Å². The van der Waals surface area contributed by atoms with E-state index >= 15 is 0 Å². The van der Waals surface area contributed by atoms with Crippen LogP contribution in [0.25, 0.3) is 22.1 Å². The van der Waals surface area contributed by atoms with E-state index in [1.807, 2.05) is 41.4 Å². The van der Waals surface area contributed by atoms with E-state index in [-0.39, 0.29) is 12.1 Å². The Hall–Kier alpha value is -3.72. The van der Waals surface area contributed by atoms with E-state index in [1.165, 1.54) is 0 Å². The van der Waals surface area contributed by atoms with Crippen LogP contribution in [0.1, 0.15) is 17.2 Å². The first kappa shape index (κ1) is 16.5. The van der Waals surface area contributed by atoms with Crippen molar-refractivity contribution in [1.82, 2.24) is 19.9 Å². The number of H-pyrrole nitrogens is 2. The molecule has 0 bridgehead atoms. The number of nitrogens with one attached hydrogen (secondary N) is 3. The molecule has 5 rings (SSSR count). The third-order valence-electron chi connectivity index (χ3n) is 4.88. The minimum Gasteiger partial charge on any atom is -0.384 e. The first-order chi connectivity index (χ1) is 13.6. The van der Waals surface area contributed by atoms with Gasteiger partial charge in [-0.05, 0) is 36.4 Å². The Morgan fingerprint density at radius 1 is 1.07 bits per heavy atom. The minimum absolute atomic E-state index is 0.0364. The second-order valence-corrected chi connectivity index (χ2v) is 6.79. The van der Waals surface area contributed by atoms with E-state index in [0.29, 0.717) is 18.5 Å². The van der Waals surface area contributed by atoms with Crippen LogP contribution in [0.2, 0.25) is 0 Å².